The first-order valence-electron chi connectivity index (χ1n) is 5.33. The van der Waals surface area contributed by atoms with Crippen LogP contribution in [0.4, 0.5) is 39.5 Å². The molecule has 1 saturated heterocycles. The molecule has 0 saturated carbocycles. The summed E-state index contributed by atoms with van der Waals surface area (Å²) in [7, 11) is -11.5. The lowest BCUT2D eigenvalue weighted by atomic mass is 10.2. The monoisotopic (exact) mass is 433 g/mol. The highest BCUT2D eigenvalue weighted by Crippen LogP contribution is 2.62. The average Bonchev–Trinajstić information content (AvgIpc) is 2.41. The molecule has 0 bridgehead atoms. The Morgan fingerprint density at radius 2 is 1.16 bits per heavy atom. The van der Waals surface area contributed by atoms with Gasteiger partial charge in [-0.1, -0.05) is 0 Å². The van der Waals surface area contributed by atoms with E-state index in [9.17, 15) is 61.1 Å². The van der Waals surface area contributed by atoms with Gasteiger partial charge in [-0.3, -0.25) is 4.79 Å². The van der Waals surface area contributed by atoms with Gasteiger partial charge in [0, 0.05) is 0 Å². The number of alkyl halides is 9. The van der Waals surface area contributed by atoms with Crippen LogP contribution in [0, 0.1) is 0 Å². The zero-order valence-electron chi connectivity index (χ0n) is 11.0. The molecule has 1 heterocycles. The Balaban J connectivity index is 3.30. The number of halogens is 9. The molecule has 0 spiro atoms. The SMILES string of the molecule is O=C(CS(=O)(=O)OS(=O)(=O)CF)N1C(F)(F)C(F)(F)C(F)(F)C1(F)F. The topological polar surface area (TPSA) is 97.8 Å². The summed E-state index contributed by atoms with van der Waals surface area (Å²) in [5.41, 5.74) is 0. The Bertz CT molecular complexity index is 750. The maximum Gasteiger partial charge on any atom is 0.402 e. The number of amides is 1. The van der Waals surface area contributed by atoms with Gasteiger partial charge >= 0.3 is 34.1 Å². The first-order valence-corrected chi connectivity index (χ1v) is 8.49. The van der Waals surface area contributed by atoms with Crippen LogP contribution in [0.5, 0.6) is 0 Å². The van der Waals surface area contributed by atoms with E-state index in [0.29, 0.717) is 0 Å². The fraction of sp³-hybridized carbons (Fsp3) is 0.857. The Morgan fingerprint density at radius 1 is 0.800 bits per heavy atom. The van der Waals surface area contributed by atoms with Crippen molar-refractivity contribution in [3.8, 4) is 0 Å². The summed E-state index contributed by atoms with van der Waals surface area (Å²) in [4.78, 5) is 8.50. The molecule has 25 heavy (non-hydrogen) atoms. The van der Waals surface area contributed by atoms with Gasteiger partial charge in [-0.2, -0.15) is 52.0 Å². The number of hydrogen-bond acceptors (Lipinski definition) is 6. The van der Waals surface area contributed by atoms with Crippen LogP contribution in [0.1, 0.15) is 0 Å². The van der Waals surface area contributed by atoms with Gasteiger partial charge in [-0.15, -0.1) is 3.63 Å². The van der Waals surface area contributed by atoms with Crippen molar-refractivity contribution >= 4 is 26.1 Å². The summed E-state index contributed by atoms with van der Waals surface area (Å²) >= 11 is 0. The third kappa shape index (κ3) is 3.14. The predicted octanol–water partition coefficient (Wildman–Crippen LogP) is 0.888. The fourth-order valence-corrected chi connectivity index (χ4v) is 3.60. The summed E-state index contributed by atoms with van der Waals surface area (Å²) in [6.45, 7) is 0. The molecular weight excluding hydrogens is 429 g/mol. The largest absolute Gasteiger partial charge is 0.402 e. The van der Waals surface area contributed by atoms with Crippen LogP contribution in [0.15, 0.2) is 0 Å². The molecule has 0 aromatic heterocycles. The van der Waals surface area contributed by atoms with E-state index in [4.69, 9.17) is 0 Å². The molecular formula is C7H4F9NO6S2. The summed E-state index contributed by atoms with van der Waals surface area (Å²) in [6.07, 6.45) is 0. The van der Waals surface area contributed by atoms with Crippen LogP contribution >= 0.6 is 0 Å². The van der Waals surface area contributed by atoms with Gasteiger partial charge in [0.1, 0.15) is 0 Å². The lowest BCUT2D eigenvalue weighted by Crippen LogP contribution is -2.54. The Labute approximate surface area is 132 Å². The lowest BCUT2D eigenvalue weighted by molar-refractivity contribution is -0.303. The summed E-state index contributed by atoms with van der Waals surface area (Å²) in [5.74, 6) is -19.6. The number of nitrogens with zero attached hydrogens (tertiary/aromatic N) is 1. The van der Waals surface area contributed by atoms with E-state index >= 15 is 0 Å². The molecule has 0 radical (unpaired) electrons. The highest BCUT2D eigenvalue weighted by Gasteiger charge is 2.94. The van der Waals surface area contributed by atoms with Crippen molar-refractivity contribution in [2.24, 2.45) is 0 Å². The van der Waals surface area contributed by atoms with E-state index in [2.05, 4.69) is 3.63 Å². The minimum atomic E-state index is -6.80. The van der Waals surface area contributed by atoms with Crippen molar-refractivity contribution in [2.75, 3.05) is 11.8 Å². The van der Waals surface area contributed by atoms with Crippen molar-refractivity contribution in [1.29, 1.82) is 0 Å². The first kappa shape index (κ1) is 21.7. The Morgan fingerprint density at radius 3 is 1.48 bits per heavy atom. The van der Waals surface area contributed by atoms with Gasteiger partial charge in [0.25, 0.3) is 10.1 Å². The Kier molecular flexibility index (Phi) is 4.87. The molecule has 1 aliphatic rings. The maximum absolute atomic E-state index is 13.2. The molecule has 0 unspecified atom stereocenters. The molecule has 1 rings (SSSR count). The van der Waals surface area contributed by atoms with Gasteiger partial charge in [0.2, 0.25) is 11.9 Å². The molecule has 7 nitrogen and oxygen atoms in total. The van der Waals surface area contributed by atoms with E-state index in [1.54, 1.807) is 0 Å². The third-order valence-electron chi connectivity index (χ3n) is 2.60. The molecule has 148 valence electrons. The average molecular weight is 433 g/mol. The van der Waals surface area contributed by atoms with Crippen LogP contribution in [0.3, 0.4) is 0 Å². The highest BCUT2D eigenvalue weighted by molar-refractivity contribution is 8.00. The van der Waals surface area contributed by atoms with Gasteiger partial charge < -0.3 is 0 Å². The third-order valence-corrected chi connectivity index (χ3v) is 5.13. The molecule has 0 aromatic carbocycles. The first-order chi connectivity index (χ1) is 10.8. The van der Waals surface area contributed by atoms with E-state index in [1.165, 1.54) is 0 Å². The fourth-order valence-electron chi connectivity index (χ4n) is 1.56. The van der Waals surface area contributed by atoms with Crippen molar-refractivity contribution in [3.05, 3.63) is 0 Å². The van der Waals surface area contributed by atoms with Crippen molar-refractivity contribution in [1.82, 2.24) is 4.90 Å². The molecule has 0 atom stereocenters. The van der Waals surface area contributed by atoms with Crippen LogP contribution in [0.25, 0.3) is 0 Å². The summed E-state index contributed by atoms with van der Waals surface area (Å²) in [5, 5.41) is 0. The number of hydrogen-bond donors (Lipinski definition) is 0. The normalized spacial score (nSPS) is 24.3. The van der Waals surface area contributed by atoms with Gasteiger partial charge in [0.15, 0.2) is 5.75 Å². The van der Waals surface area contributed by atoms with Crippen molar-refractivity contribution in [3.63, 3.8) is 0 Å². The van der Waals surface area contributed by atoms with E-state index in [-0.39, 0.29) is 0 Å². The van der Waals surface area contributed by atoms with Gasteiger partial charge in [-0.05, 0) is 0 Å². The molecule has 0 aromatic rings. The molecule has 0 N–H and O–H groups in total. The van der Waals surface area contributed by atoms with Crippen LogP contribution < -0.4 is 0 Å². The number of carbonyl (C=O) groups is 1. The Hall–Kier alpha value is -1.30. The number of likely N-dealkylation sites (tertiary alicyclic amines) is 1. The minimum absolute atomic E-state index is 2.52. The van der Waals surface area contributed by atoms with E-state index in [1.807, 2.05) is 0 Å². The zero-order chi connectivity index (χ0) is 20.3. The number of rotatable bonds is 5. The highest BCUT2D eigenvalue weighted by atomic mass is 32.3. The molecule has 1 fully saturated rings. The quantitative estimate of drug-likeness (QED) is 0.472. The van der Waals surface area contributed by atoms with Crippen molar-refractivity contribution in [2.45, 2.75) is 23.9 Å². The van der Waals surface area contributed by atoms with Gasteiger partial charge in [0.05, 0.1) is 0 Å². The van der Waals surface area contributed by atoms with Crippen LogP contribution in [-0.2, 0) is 28.7 Å². The lowest BCUT2D eigenvalue weighted by Gasteiger charge is -2.27. The molecule has 18 heteroatoms. The summed E-state index contributed by atoms with van der Waals surface area (Å²) < 4.78 is 162. The standard InChI is InChI=1S/C7H4F9NO6S2/c8-2-25(21,22)23-24(19,20)1-3(18)17-6(13,14)4(9,10)5(11,12)7(17,15)16/h1-2H2. The second-order valence-electron chi connectivity index (χ2n) is 4.40. The zero-order valence-corrected chi connectivity index (χ0v) is 12.7. The minimum Gasteiger partial charge on any atom is -0.273 e. The van der Waals surface area contributed by atoms with E-state index < -0.39 is 66.7 Å². The second kappa shape index (κ2) is 5.60. The molecule has 1 aliphatic heterocycles. The van der Waals surface area contributed by atoms with E-state index in [0.717, 1.165) is 0 Å². The predicted molar refractivity (Wildman–Crippen MR) is 56.4 cm³/mol. The second-order valence-corrected chi connectivity index (χ2v) is 7.68. The van der Waals surface area contributed by atoms with Crippen molar-refractivity contribution < 1.29 is 64.8 Å². The molecule has 1 amide bonds. The number of carbonyl (C=O) groups excluding carboxylic acids is 1. The maximum atomic E-state index is 13.2. The summed E-state index contributed by atoms with van der Waals surface area (Å²) in [6, 6.07) is -15.6. The van der Waals surface area contributed by atoms with Gasteiger partial charge in [-0.25, -0.2) is 9.29 Å². The smallest absolute Gasteiger partial charge is 0.273 e. The molecule has 0 aliphatic carbocycles. The van der Waals surface area contributed by atoms with Crippen LogP contribution in [-0.4, -0.2) is 63.3 Å². The van der Waals surface area contributed by atoms with Crippen LogP contribution in [0.2, 0.25) is 0 Å².